The van der Waals surface area contributed by atoms with Gasteiger partial charge < -0.3 is 10.5 Å². The summed E-state index contributed by atoms with van der Waals surface area (Å²) in [4.78, 5) is 0. The van der Waals surface area contributed by atoms with Gasteiger partial charge in [0.25, 0.3) is 0 Å². The molecule has 1 aliphatic carbocycles. The second-order valence-electron chi connectivity index (χ2n) is 7.17. The van der Waals surface area contributed by atoms with E-state index in [2.05, 4.69) is 45.0 Å². The Morgan fingerprint density at radius 3 is 2.30 bits per heavy atom. The first-order chi connectivity index (χ1) is 9.47. The highest BCUT2D eigenvalue weighted by atomic mass is 16.5. The second kappa shape index (κ2) is 6.73. The number of rotatable bonds is 5. The van der Waals surface area contributed by atoms with Crippen LogP contribution in [-0.2, 0) is 10.2 Å². The minimum absolute atomic E-state index is 0.00887. The maximum atomic E-state index is 6.21. The second-order valence-corrected chi connectivity index (χ2v) is 7.17. The SMILES string of the molecule is CC(C)(C)c1ccc(C(N)COCC2CCCC2)cc1. The van der Waals surface area contributed by atoms with E-state index in [9.17, 15) is 0 Å². The fourth-order valence-electron chi connectivity index (χ4n) is 2.87. The largest absolute Gasteiger partial charge is 0.379 e. The van der Waals surface area contributed by atoms with E-state index in [4.69, 9.17) is 10.5 Å². The van der Waals surface area contributed by atoms with E-state index < -0.39 is 0 Å². The first-order valence-corrected chi connectivity index (χ1v) is 7.90. The number of hydrogen-bond donors (Lipinski definition) is 1. The van der Waals surface area contributed by atoms with Crippen molar-refractivity contribution in [2.24, 2.45) is 11.7 Å². The van der Waals surface area contributed by atoms with Crippen molar-refractivity contribution in [2.45, 2.75) is 57.9 Å². The summed E-state index contributed by atoms with van der Waals surface area (Å²) in [5.41, 5.74) is 8.93. The van der Waals surface area contributed by atoms with E-state index in [1.165, 1.54) is 36.8 Å². The number of ether oxygens (including phenoxy) is 1. The molecule has 2 rings (SSSR count). The summed E-state index contributed by atoms with van der Waals surface area (Å²) in [5.74, 6) is 0.769. The van der Waals surface area contributed by atoms with Gasteiger partial charge in [-0.2, -0.15) is 0 Å². The summed E-state index contributed by atoms with van der Waals surface area (Å²) in [6.45, 7) is 8.20. The van der Waals surface area contributed by atoms with Crippen LogP contribution in [0.4, 0.5) is 0 Å². The van der Waals surface area contributed by atoms with Gasteiger partial charge >= 0.3 is 0 Å². The van der Waals surface area contributed by atoms with Gasteiger partial charge in [-0.1, -0.05) is 57.9 Å². The van der Waals surface area contributed by atoms with Crippen LogP contribution in [0.25, 0.3) is 0 Å². The molecule has 0 spiro atoms. The Morgan fingerprint density at radius 2 is 1.75 bits per heavy atom. The molecular formula is C18H29NO. The average Bonchev–Trinajstić information content (AvgIpc) is 2.91. The van der Waals surface area contributed by atoms with Gasteiger partial charge in [-0.15, -0.1) is 0 Å². The molecule has 2 heteroatoms. The van der Waals surface area contributed by atoms with Gasteiger partial charge in [0.05, 0.1) is 12.6 Å². The lowest BCUT2D eigenvalue weighted by molar-refractivity contribution is 0.0904. The predicted octanol–water partition coefficient (Wildman–Crippen LogP) is 4.19. The van der Waals surface area contributed by atoms with Crippen LogP contribution in [0.1, 0.15) is 63.6 Å². The maximum Gasteiger partial charge on any atom is 0.0659 e. The van der Waals surface area contributed by atoms with E-state index in [-0.39, 0.29) is 11.5 Å². The van der Waals surface area contributed by atoms with E-state index in [0.29, 0.717) is 6.61 Å². The Kier molecular flexibility index (Phi) is 5.22. The standard InChI is InChI=1S/C18H29NO/c1-18(2,3)16-10-8-15(9-11-16)17(19)13-20-12-14-6-4-5-7-14/h8-11,14,17H,4-7,12-13,19H2,1-3H3. The van der Waals surface area contributed by atoms with Gasteiger partial charge in [-0.25, -0.2) is 0 Å². The van der Waals surface area contributed by atoms with Crippen molar-refractivity contribution < 1.29 is 4.74 Å². The third-order valence-corrected chi connectivity index (χ3v) is 4.33. The van der Waals surface area contributed by atoms with Crippen LogP contribution in [-0.4, -0.2) is 13.2 Å². The highest BCUT2D eigenvalue weighted by Crippen LogP contribution is 2.26. The minimum atomic E-state index is -0.00887. The van der Waals surface area contributed by atoms with Crippen LogP contribution in [0.5, 0.6) is 0 Å². The lowest BCUT2D eigenvalue weighted by atomic mass is 9.86. The van der Waals surface area contributed by atoms with Crippen LogP contribution >= 0.6 is 0 Å². The van der Waals surface area contributed by atoms with Gasteiger partial charge in [0, 0.05) is 6.61 Å². The molecule has 1 fully saturated rings. The van der Waals surface area contributed by atoms with E-state index in [1.54, 1.807) is 0 Å². The molecule has 0 aromatic heterocycles. The normalized spacial score (nSPS) is 18.4. The Morgan fingerprint density at radius 1 is 1.15 bits per heavy atom. The average molecular weight is 275 g/mol. The quantitative estimate of drug-likeness (QED) is 0.874. The molecule has 0 radical (unpaired) electrons. The van der Waals surface area contributed by atoms with Crippen LogP contribution in [0, 0.1) is 5.92 Å². The molecule has 0 saturated heterocycles. The summed E-state index contributed by atoms with van der Waals surface area (Å²) >= 11 is 0. The van der Waals surface area contributed by atoms with Gasteiger partial charge in [-0.3, -0.25) is 0 Å². The predicted molar refractivity (Wildman–Crippen MR) is 84.8 cm³/mol. The van der Waals surface area contributed by atoms with Crippen molar-refractivity contribution in [3.05, 3.63) is 35.4 Å². The van der Waals surface area contributed by atoms with Gasteiger partial charge in [0.15, 0.2) is 0 Å². The van der Waals surface area contributed by atoms with Crippen molar-refractivity contribution >= 4 is 0 Å². The molecule has 0 bridgehead atoms. The van der Waals surface area contributed by atoms with Crippen LogP contribution in [0.15, 0.2) is 24.3 Å². The highest BCUT2D eigenvalue weighted by molar-refractivity contribution is 5.29. The maximum absolute atomic E-state index is 6.21. The number of nitrogens with two attached hydrogens (primary N) is 1. The lowest BCUT2D eigenvalue weighted by Crippen LogP contribution is -2.19. The zero-order valence-corrected chi connectivity index (χ0v) is 13.2. The van der Waals surface area contributed by atoms with Crippen LogP contribution in [0.2, 0.25) is 0 Å². The summed E-state index contributed by atoms with van der Waals surface area (Å²) in [7, 11) is 0. The fraction of sp³-hybridized carbons (Fsp3) is 0.667. The lowest BCUT2D eigenvalue weighted by Gasteiger charge is -2.20. The zero-order valence-electron chi connectivity index (χ0n) is 13.2. The molecule has 2 nitrogen and oxygen atoms in total. The van der Waals surface area contributed by atoms with Gasteiger partial charge in [-0.05, 0) is 35.3 Å². The van der Waals surface area contributed by atoms with Crippen LogP contribution in [0.3, 0.4) is 0 Å². The summed E-state index contributed by atoms with van der Waals surface area (Å²) < 4.78 is 5.81. The molecule has 2 N–H and O–H groups in total. The summed E-state index contributed by atoms with van der Waals surface area (Å²) in [6, 6.07) is 8.65. The zero-order chi connectivity index (χ0) is 14.6. The number of benzene rings is 1. The molecule has 1 unspecified atom stereocenters. The molecule has 0 heterocycles. The van der Waals surface area contributed by atoms with Crippen molar-refractivity contribution in [3.63, 3.8) is 0 Å². The van der Waals surface area contributed by atoms with E-state index in [0.717, 1.165) is 12.5 Å². The van der Waals surface area contributed by atoms with Crippen molar-refractivity contribution in [1.29, 1.82) is 0 Å². The van der Waals surface area contributed by atoms with Crippen LogP contribution < -0.4 is 5.73 Å². The fourth-order valence-corrected chi connectivity index (χ4v) is 2.87. The molecule has 1 aromatic rings. The first-order valence-electron chi connectivity index (χ1n) is 7.90. The molecule has 112 valence electrons. The molecular weight excluding hydrogens is 246 g/mol. The smallest absolute Gasteiger partial charge is 0.0659 e. The van der Waals surface area contributed by atoms with E-state index >= 15 is 0 Å². The first kappa shape index (κ1) is 15.5. The van der Waals surface area contributed by atoms with Crippen molar-refractivity contribution in [3.8, 4) is 0 Å². The Hall–Kier alpha value is -0.860. The van der Waals surface area contributed by atoms with Crippen molar-refractivity contribution in [1.82, 2.24) is 0 Å². The Bertz CT molecular complexity index is 398. The third kappa shape index (κ3) is 4.32. The van der Waals surface area contributed by atoms with Gasteiger partial charge in [0.1, 0.15) is 0 Å². The minimum Gasteiger partial charge on any atom is -0.379 e. The number of hydrogen-bond acceptors (Lipinski definition) is 2. The third-order valence-electron chi connectivity index (χ3n) is 4.33. The molecule has 1 atom stereocenters. The molecule has 1 aromatic carbocycles. The summed E-state index contributed by atoms with van der Waals surface area (Å²) in [6.07, 6.45) is 5.40. The summed E-state index contributed by atoms with van der Waals surface area (Å²) in [5, 5.41) is 0. The Balaban J connectivity index is 1.81. The monoisotopic (exact) mass is 275 g/mol. The Labute approximate surface area is 123 Å². The van der Waals surface area contributed by atoms with E-state index in [1.807, 2.05) is 0 Å². The molecule has 0 amide bonds. The molecule has 1 saturated carbocycles. The molecule has 20 heavy (non-hydrogen) atoms. The molecule has 1 aliphatic rings. The van der Waals surface area contributed by atoms with Crippen molar-refractivity contribution in [2.75, 3.05) is 13.2 Å². The van der Waals surface area contributed by atoms with Gasteiger partial charge in [0.2, 0.25) is 0 Å². The topological polar surface area (TPSA) is 35.2 Å². The highest BCUT2D eigenvalue weighted by Gasteiger charge is 2.16. The molecule has 0 aliphatic heterocycles.